The molecule has 0 amide bonds. The van der Waals surface area contributed by atoms with Gasteiger partial charge in [-0.05, 0) is 54.6 Å². The number of thiophene rings is 2. The summed E-state index contributed by atoms with van der Waals surface area (Å²) in [5.74, 6) is 1.30. The molecule has 1 aromatic carbocycles. The number of rotatable bonds is 9. The molecule has 0 bridgehead atoms. The van der Waals surface area contributed by atoms with Crippen LogP contribution in [-0.4, -0.2) is 33.5 Å². The van der Waals surface area contributed by atoms with Crippen LogP contribution in [0.2, 0.25) is 0 Å². The van der Waals surface area contributed by atoms with Crippen LogP contribution in [0.25, 0.3) is 0 Å². The van der Waals surface area contributed by atoms with Crippen LogP contribution in [0.5, 0.6) is 11.5 Å². The monoisotopic (exact) mass is 437 g/mol. The molecule has 0 saturated heterocycles. The second kappa shape index (κ2) is 9.09. The fourth-order valence-electron chi connectivity index (χ4n) is 2.83. The summed E-state index contributed by atoms with van der Waals surface area (Å²) in [5, 5.41) is 1.96. The zero-order valence-corrected chi connectivity index (χ0v) is 18.5. The zero-order chi connectivity index (χ0) is 20.1. The molecule has 28 heavy (non-hydrogen) atoms. The summed E-state index contributed by atoms with van der Waals surface area (Å²) < 4.78 is 39.0. The molecule has 150 valence electrons. The van der Waals surface area contributed by atoms with Gasteiger partial charge in [0.25, 0.3) is 10.0 Å². The average molecular weight is 438 g/mol. The maximum atomic E-state index is 13.2. The number of hydrogen-bond acceptors (Lipinski definition) is 6. The largest absolute Gasteiger partial charge is 0.493 e. The highest BCUT2D eigenvalue weighted by molar-refractivity contribution is 7.91. The first-order chi connectivity index (χ1) is 13.4. The van der Waals surface area contributed by atoms with Gasteiger partial charge in [-0.15, -0.1) is 22.7 Å². The lowest BCUT2D eigenvalue weighted by molar-refractivity contribution is 0.354. The van der Waals surface area contributed by atoms with Gasteiger partial charge in [-0.25, -0.2) is 8.42 Å². The minimum absolute atomic E-state index is 0.365. The molecule has 8 heteroatoms. The number of aryl methyl sites for hydroxylation is 1. The topological polar surface area (TPSA) is 55.8 Å². The maximum Gasteiger partial charge on any atom is 0.252 e. The number of hydrogen-bond donors (Lipinski definition) is 0. The number of methoxy groups -OCH3 is 2. The maximum absolute atomic E-state index is 13.2. The van der Waals surface area contributed by atoms with Gasteiger partial charge in [0, 0.05) is 22.8 Å². The van der Waals surface area contributed by atoms with Gasteiger partial charge < -0.3 is 9.47 Å². The summed E-state index contributed by atoms with van der Waals surface area (Å²) in [7, 11) is -0.368. The third-order valence-corrected chi connectivity index (χ3v) is 8.49. The molecule has 0 spiro atoms. The van der Waals surface area contributed by atoms with Crippen molar-refractivity contribution in [2.24, 2.45) is 0 Å². The molecule has 2 aromatic heterocycles. The first kappa shape index (κ1) is 20.9. The number of nitrogens with zero attached hydrogens (tertiary/aromatic N) is 1. The van der Waals surface area contributed by atoms with Crippen molar-refractivity contribution in [2.75, 3.05) is 20.8 Å². The molecular weight excluding hydrogens is 414 g/mol. The highest BCUT2D eigenvalue weighted by Crippen LogP contribution is 2.29. The lowest BCUT2D eigenvalue weighted by Crippen LogP contribution is -2.31. The van der Waals surface area contributed by atoms with E-state index in [0.717, 1.165) is 15.3 Å². The fourth-order valence-corrected chi connectivity index (χ4v) is 6.49. The van der Waals surface area contributed by atoms with Crippen LogP contribution in [0, 0.1) is 6.92 Å². The minimum atomic E-state index is -3.55. The van der Waals surface area contributed by atoms with Crippen LogP contribution in [0.3, 0.4) is 0 Å². The third-order valence-electron chi connectivity index (χ3n) is 4.32. The second-order valence-corrected chi connectivity index (χ2v) is 10.7. The van der Waals surface area contributed by atoms with Crippen LogP contribution in [0.4, 0.5) is 0 Å². The highest BCUT2D eigenvalue weighted by Gasteiger charge is 2.26. The number of benzene rings is 1. The fraction of sp³-hybridized carbons (Fsp3) is 0.300. The Kier molecular flexibility index (Phi) is 6.77. The van der Waals surface area contributed by atoms with Gasteiger partial charge in [0.2, 0.25) is 0 Å². The molecule has 3 rings (SSSR count). The van der Waals surface area contributed by atoms with Crippen LogP contribution in [0.15, 0.2) is 52.1 Å². The molecule has 0 unspecified atom stereocenters. The van der Waals surface area contributed by atoms with Crippen molar-refractivity contribution in [3.63, 3.8) is 0 Å². The van der Waals surface area contributed by atoms with Crippen LogP contribution in [0.1, 0.15) is 15.3 Å². The standard InChI is InChI=1S/C20H23NO4S3/c1-15-6-9-20(27-15)28(22,23)21(14-17-5-4-12-26-17)11-10-16-7-8-18(24-2)19(13-16)25-3/h4-9,12-13H,10-11,14H2,1-3H3. The van der Waals surface area contributed by atoms with Gasteiger partial charge in [-0.2, -0.15) is 4.31 Å². The summed E-state index contributed by atoms with van der Waals surface area (Å²) in [4.78, 5) is 2.00. The first-order valence-corrected chi connectivity index (χ1v) is 11.9. The van der Waals surface area contributed by atoms with E-state index in [2.05, 4.69) is 0 Å². The lowest BCUT2D eigenvalue weighted by atomic mass is 10.1. The molecule has 0 aliphatic rings. The molecule has 5 nitrogen and oxygen atoms in total. The summed E-state index contributed by atoms with van der Waals surface area (Å²) >= 11 is 2.87. The van der Waals surface area contributed by atoms with Gasteiger partial charge in [-0.3, -0.25) is 0 Å². The minimum Gasteiger partial charge on any atom is -0.493 e. The van der Waals surface area contributed by atoms with Gasteiger partial charge >= 0.3 is 0 Å². The average Bonchev–Trinajstić information content (AvgIpc) is 3.36. The smallest absolute Gasteiger partial charge is 0.252 e. The Labute approximate surface area is 174 Å². The molecule has 0 atom stereocenters. The molecule has 0 N–H and O–H groups in total. The van der Waals surface area contributed by atoms with Crippen molar-refractivity contribution in [2.45, 2.75) is 24.1 Å². The van der Waals surface area contributed by atoms with E-state index in [1.165, 1.54) is 11.3 Å². The molecule has 0 fully saturated rings. The quantitative estimate of drug-likeness (QED) is 0.492. The predicted octanol–water partition coefficient (Wildman–Crippen LogP) is 4.57. The Hall–Kier alpha value is -1.87. The Morgan fingerprint density at radius 3 is 2.43 bits per heavy atom. The Morgan fingerprint density at radius 2 is 1.82 bits per heavy atom. The van der Waals surface area contributed by atoms with Crippen molar-refractivity contribution in [1.29, 1.82) is 0 Å². The van der Waals surface area contributed by atoms with Gasteiger partial charge in [0.15, 0.2) is 11.5 Å². The van der Waals surface area contributed by atoms with E-state index in [9.17, 15) is 8.42 Å². The molecule has 0 radical (unpaired) electrons. The summed E-state index contributed by atoms with van der Waals surface area (Å²) in [6, 6.07) is 13.1. The molecule has 3 aromatic rings. The predicted molar refractivity (Wildman–Crippen MR) is 114 cm³/mol. The SMILES string of the molecule is COc1ccc(CCN(Cc2cccs2)S(=O)(=O)c2ccc(C)s2)cc1OC. The van der Waals surface area contributed by atoms with Crippen LogP contribution >= 0.6 is 22.7 Å². The third kappa shape index (κ3) is 4.75. The van der Waals surface area contributed by atoms with E-state index in [4.69, 9.17) is 9.47 Å². The molecule has 0 aliphatic carbocycles. The Morgan fingerprint density at radius 1 is 1.04 bits per heavy atom. The van der Waals surface area contributed by atoms with Crippen molar-refractivity contribution in [3.8, 4) is 11.5 Å². The van der Waals surface area contributed by atoms with Gasteiger partial charge in [0.05, 0.1) is 14.2 Å². The molecule has 2 heterocycles. The van der Waals surface area contributed by atoms with Gasteiger partial charge in [-0.1, -0.05) is 12.1 Å². The summed E-state index contributed by atoms with van der Waals surface area (Å²) in [5.41, 5.74) is 0.992. The van der Waals surface area contributed by atoms with Crippen molar-refractivity contribution < 1.29 is 17.9 Å². The molecule has 0 saturated carbocycles. The first-order valence-electron chi connectivity index (χ1n) is 8.74. The Bertz CT molecular complexity index is 1010. The van der Waals surface area contributed by atoms with E-state index >= 15 is 0 Å². The lowest BCUT2D eigenvalue weighted by Gasteiger charge is -2.21. The number of ether oxygens (including phenoxy) is 2. The van der Waals surface area contributed by atoms with E-state index in [0.29, 0.717) is 35.2 Å². The van der Waals surface area contributed by atoms with Gasteiger partial charge in [0.1, 0.15) is 4.21 Å². The highest BCUT2D eigenvalue weighted by atomic mass is 32.2. The van der Waals surface area contributed by atoms with Crippen molar-refractivity contribution in [3.05, 3.63) is 63.2 Å². The number of sulfonamides is 1. The normalized spacial score (nSPS) is 11.7. The Balaban J connectivity index is 1.83. The van der Waals surface area contributed by atoms with E-state index in [-0.39, 0.29) is 0 Å². The second-order valence-electron chi connectivity index (χ2n) is 6.22. The van der Waals surface area contributed by atoms with E-state index in [1.54, 1.807) is 35.9 Å². The molecule has 0 aliphatic heterocycles. The van der Waals surface area contributed by atoms with Crippen LogP contribution < -0.4 is 9.47 Å². The zero-order valence-electron chi connectivity index (χ0n) is 16.0. The molecular formula is C20H23NO4S3. The van der Waals surface area contributed by atoms with Crippen LogP contribution in [-0.2, 0) is 23.0 Å². The summed E-state index contributed by atoms with van der Waals surface area (Å²) in [6.07, 6.45) is 0.579. The van der Waals surface area contributed by atoms with Crippen molar-refractivity contribution in [1.82, 2.24) is 4.31 Å². The van der Waals surface area contributed by atoms with Crippen molar-refractivity contribution >= 4 is 32.7 Å². The van der Waals surface area contributed by atoms with E-state index in [1.807, 2.05) is 48.7 Å². The van der Waals surface area contributed by atoms with E-state index < -0.39 is 10.0 Å². The summed E-state index contributed by atoms with van der Waals surface area (Å²) in [6.45, 7) is 2.66.